The Morgan fingerprint density at radius 1 is 1.10 bits per heavy atom. The standard InChI is InChI=1S/C15H20N2O2S/c1-10-8-12(9-11(2)14(10)19-4)15-17-16-13(20-15)6-5-7-18-3/h8-9H,5-7H2,1-4H3. The summed E-state index contributed by atoms with van der Waals surface area (Å²) >= 11 is 1.65. The van der Waals surface area contributed by atoms with Crippen molar-refractivity contribution in [1.29, 1.82) is 0 Å². The van der Waals surface area contributed by atoms with Crippen molar-refractivity contribution in [2.75, 3.05) is 20.8 Å². The minimum Gasteiger partial charge on any atom is -0.496 e. The summed E-state index contributed by atoms with van der Waals surface area (Å²) in [6.45, 7) is 4.86. The number of rotatable bonds is 6. The fraction of sp³-hybridized carbons (Fsp3) is 0.467. The molecule has 0 aliphatic rings. The van der Waals surface area contributed by atoms with Crippen LogP contribution in [0.5, 0.6) is 5.75 Å². The van der Waals surface area contributed by atoms with Gasteiger partial charge in [0.2, 0.25) is 0 Å². The molecule has 0 bridgehead atoms. The van der Waals surface area contributed by atoms with E-state index in [2.05, 4.69) is 36.2 Å². The van der Waals surface area contributed by atoms with Gasteiger partial charge in [-0.15, -0.1) is 10.2 Å². The SMILES string of the molecule is COCCCc1nnc(-c2cc(C)c(OC)c(C)c2)s1. The molecule has 0 unspecified atom stereocenters. The molecule has 0 amide bonds. The lowest BCUT2D eigenvalue weighted by Gasteiger charge is -2.09. The molecule has 4 nitrogen and oxygen atoms in total. The molecule has 1 aromatic carbocycles. The lowest BCUT2D eigenvalue weighted by atomic mass is 10.1. The van der Waals surface area contributed by atoms with Crippen LogP contribution < -0.4 is 4.74 Å². The molecule has 1 heterocycles. The molecule has 0 fully saturated rings. The van der Waals surface area contributed by atoms with Gasteiger partial charge in [-0.25, -0.2) is 0 Å². The van der Waals surface area contributed by atoms with Gasteiger partial charge < -0.3 is 9.47 Å². The van der Waals surface area contributed by atoms with Crippen molar-refractivity contribution < 1.29 is 9.47 Å². The summed E-state index contributed by atoms with van der Waals surface area (Å²) in [5.41, 5.74) is 3.36. The maximum atomic E-state index is 5.39. The molecule has 0 aliphatic carbocycles. The normalized spacial score (nSPS) is 10.8. The second-order valence-electron chi connectivity index (χ2n) is 4.74. The van der Waals surface area contributed by atoms with Gasteiger partial charge in [-0.3, -0.25) is 0 Å². The summed E-state index contributed by atoms with van der Waals surface area (Å²) in [6.07, 6.45) is 1.89. The molecule has 2 rings (SSSR count). The van der Waals surface area contributed by atoms with Crippen molar-refractivity contribution in [2.45, 2.75) is 26.7 Å². The quantitative estimate of drug-likeness (QED) is 0.765. The van der Waals surface area contributed by atoms with Gasteiger partial charge in [0.25, 0.3) is 0 Å². The Morgan fingerprint density at radius 3 is 2.40 bits per heavy atom. The topological polar surface area (TPSA) is 44.2 Å². The van der Waals surface area contributed by atoms with Crippen LogP contribution in [0.2, 0.25) is 0 Å². The number of benzene rings is 1. The Labute approximate surface area is 123 Å². The highest BCUT2D eigenvalue weighted by Crippen LogP contribution is 2.31. The molecule has 0 saturated heterocycles. The molecule has 5 heteroatoms. The van der Waals surface area contributed by atoms with E-state index in [0.717, 1.165) is 51.9 Å². The first-order chi connectivity index (χ1) is 9.65. The summed E-state index contributed by atoms with van der Waals surface area (Å²) in [5.74, 6) is 0.943. The molecule has 0 N–H and O–H groups in total. The van der Waals surface area contributed by atoms with E-state index >= 15 is 0 Å². The van der Waals surface area contributed by atoms with E-state index in [4.69, 9.17) is 9.47 Å². The largest absolute Gasteiger partial charge is 0.496 e. The van der Waals surface area contributed by atoms with Crippen molar-refractivity contribution in [3.05, 3.63) is 28.3 Å². The zero-order valence-electron chi connectivity index (χ0n) is 12.4. The van der Waals surface area contributed by atoms with Gasteiger partial charge in [0, 0.05) is 25.7 Å². The number of aromatic nitrogens is 2. The van der Waals surface area contributed by atoms with E-state index in [1.165, 1.54) is 0 Å². The first-order valence-corrected chi connectivity index (χ1v) is 7.44. The third-order valence-corrected chi connectivity index (χ3v) is 4.15. The van der Waals surface area contributed by atoms with Crippen LogP contribution in [-0.4, -0.2) is 31.0 Å². The first-order valence-electron chi connectivity index (χ1n) is 6.62. The van der Waals surface area contributed by atoms with E-state index in [1.54, 1.807) is 25.6 Å². The fourth-order valence-electron chi connectivity index (χ4n) is 2.23. The average molecular weight is 292 g/mol. The van der Waals surface area contributed by atoms with E-state index in [9.17, 15) is 0 Å². The van der Waals surface area contributed by atoms with E-state index < -0.39 is 0 Å². The summed E-state index contributed by atoms with van der Waals surface area (Å²) in [4.78, 5) is 0. The minimum atomic E-state index is 0.760. The van der Waals surface area contributed by atoms with E-state index in [0.29, 0.717) is 0 Å². The predicted molar refractivity (Wildman–Crippen MR) is 81.6 cm³/mol. The molecule has 0 spiro atoms. The molecule has 0 radical (unpaired) electrons. The van der Waals surface area contributed by atoms with Crippen LogP contribution in [0, 0.1) is 13.8 Å². The Balaban J connectivity index is 2.20. The Bertz CT molecular complexity index is 558. The summed E-state index contributed by atoms with van der Waals surface area (Å²) in [6, 6.07) is 4.20. The number of aryl methyl sites for hydroxylation is 3. The Morgan fingerprint density at radius 2 is 1.80 bits per heavy atom. The molecule has 0 aliphatic heterocycles. The molecule has 1 aromatic heterocycles. The summed E-state index contributed by atoms with van der Waals surface area (Å²) < 4.78 is 10.4. The highest BCUT2D eigenvalue weighted by atomic mass is 32.1. The van der Waals surface area contributed by atoms with Crippen molar-refractivity contribution in [3.8, 4) is 16.3 Å². The number of hydrogen-bond donors (Lipinski definition) is 0. The lowest BCUT2D eigenvalue weighted by Crippen LogP contribution is -1.92. The lowest BCUT2D eigenvalue weighted by molar-refractivity contribution is 0.195. The molecule has 2 aromatic rings. The van der Waals surface area contributed by atoms with Gasteiger partial charge in [-0.2, -0.15) is 0 Å². The molecule has 108 valence electrons. The summed E-state index contributed by atoms with van der Waals surface area (Å²) in [7, 11) is 3.42. The van der Waals surface area contributed by atoms with Gasteiger partial charge >= 0.3 is 0 Å². The van der Waals surface area contributed by atoms with Gasteiger partial charge in [-0.1, -0.05) is 11.3 Å². The number of methoxy groups -OCH3 is 2. The number of nitrogens with zero attached hydrogens (tertiary/aromatic N) is 2. The zero-order chi connectivity index (χ0) is 14.5. The van der Waals surface area contributed by atoms with Gasteiger partial charge in [-0.05, 0) is 43.5 Å². The minimum absolute atomic E-state index is 0.760. The van der Waals surface area contributed by atoms with Crippen molar-refractivity contribution >= 4 is 11.3 Å². The van der Waals surface area contributed by atoms with Gasteiger partial charge in [0.05, 0.1) is 7.11 Å². The highest BCUT2D eigenvalue weighted by molar-refractivity contribution is 7.14. The molecule has 0 atom stereocenters. The van der Waals surface area contributed by atoms with Gasteiger partial charge in [0.1, 0.15) is 15.8 Å². The maximum absolute atomic E-state index is 5.39. The van der Waals surface area contributed by atoms with Crippen molar-refractivity contribution in [3.63, 3.8) is 0 Å². The maximum Gasteiger partial charge on any atom is 0.147 e. The monoisotopic (exact) mass is 292 g/mol. The molecule has 0 saturated carbocycles. The van der Waals surface area contributed by atoms with Crippen LogP contribution in [0.3, 0.4) is 0 Å². The average Bonchev–Trinajstić information content (AvgIpc) is 2.87. The molecular weight excluding hydrogens is 272 g/mol. The van der Waals surface area contributed by atoms with Gasteiger partial charge in [0.15, 0.2) is 0 Å². The van der Waals surface area contributed by atoms with Crippen LogP contribution in [0.15, 0.2) is 12.1 Å². The fourth-order valence-corrected chi connectivity index (χ4v) is 3.10. The predicted octanol–water partition coefficient (Wildman–Crippen LogP) is 3.41. The van der Waals surface area contributed by atoms with Crippen LogP contribution in [-0.2, 0) is 11.2 Å². The number of ether oxygens (including phenoxy) is 2. The number of hydrogen-bond acceptors (Lipinski definition) is 5. The van der Waals surface area contributed by atoms with Crippen LogP contribution in [0.25, 0.3) is 10.6 Å². The molecular formula is C15H20N2O2S. The van der Waals surface area contributed by atoms with Crippen LogP contribution in [0.4, 0.5) is 0 Å². The van der Waals surface area contributed by atoms with E-state index in [-0.39, 0.29) is 0 Å². The third kappa shape index (κ3) is 3.35. The van der Waals surface area contributed by atoms with Crippen molar-refractivity contribution in [1.82, 2.24) is 10.2 Å². The Hall–Kier alpha value is -1.46. The second kappa shape index (κ2) is 6.81. The molecule has 20 heavy (non-hydrogen) atoms. The van der Waals surface area contributed by atoms with Crippen LogP contribution in [0.1, 0.15) is 22.6 Å². The van der Waals surface area contributed by atoms with Crippen LogP contribution >= 0.6 is 11.3 Å². The zero-order valence-corrected chi connectivity index (χ0v) is 13.2. The summed E-state index contributed by atoms with van der Waals surface area (Å²) in [5, 5.41) is 10.6. The van der Waals surface area contributed by atoms with Crippen molar-refractivity contribution in [2.24, 2.45) is 0 Å². The second-order valence-corrected chi connectivity index (χ2v) is 5.80. The highest BCUT2D eigenvalue weighted by Gasteiger charge is 2.11. The Kier molecular flexibility index (Phi) is 5.09. The smallest absolute Gasteiger partial charge is 0.147 e. The third-order valence-electron chi connectivity index (χ3n) is 3.12. The first kappa shape index (κ1) is 14.9. The van der Waals surface area contributed by atoms with E-state index in [1.807, 2.05) is 0 Å².